The maximum Gasteiger partial charge on any atom is 0.259 e. The van der Waals surface area contributed by atoms with Crippen LogP contribution in [0, 0.1) is 0 Å². The number of carbonyl (C=O) groups excluding carboxylic acids is 1. The van der Waals surface area contributed by atoms with E-state index in [0.717, 1.165) is 50.8 Å². The van der Waals surface area contributed by atoms with Crippen molar-refractivity contribution < 1.29 is 9.53 Å². The molecule has 0 saturated heterocycles. The van der Waals surface area contributed by atoms with Gasteiger partial charge in [-0.1, -0.05) is 79.7 Å². The molecule has 0 radical (unpaired) electrons. The van der Waals surface area contributed by atoms with E-state index in [1.165, 1.54) is 0 Å². The van der Waals surface area contributed by atoms with Gasteiger partial charge in [0.15, 0.2) is 0 Å². The molecule has 34 heavy (non-hydrogen) atoms. The Bertz CT molecular complexity index is 1240. The van der Waals surface area contributed by atoms with Gasteiger partial charge < -0.3 is 9.64 Å². The Balaban J connectivity index is 1.78. The van der Waals surface area contributed by atoms with Crippen molar-refractivity contribution in [1.29, 1.82) is 0 Å². The van der Waals surface area contributed by atoms with Crippen molar-refractivity contribution in [2.24, 2.45) is 0 Å². The summed E-state index contributed by atoms with van der Waals surface area (Å²) in [7, 11) is 1.65. The molecule has 0 aliphatic heterocycles. The first-order chi connectivity index (χ1) is 16.7. The second-order valence-corrected chi connectivity index (χ2v) is 9.10. The summed E-state index contributed by atoms with van der Waals surface area (Å²) in [4.78, 5) is 16.9. The third kappa shape index (κ3) is 5.52. The van der Waals surface area contributed by atoms with E-state index in [9.17, 15) is 4.79 Å². The van der Waals surface area contributed by atoms with Gasteiger partial charge in [-0.2, -0.15) is 0 Å². The molecule has 0 aliphatic carbocycles. The van der Waals surface area contributed by atoms with E-state index in [-0.39, 0.29) is 5.91 Å². The van der Waals surface area contributed by atoms with E-state index < -0.39 is 0 Å². The first-order valence-electron chi connectivity index (χ1n) is 11.5. The Kier molecular flexibility index (Phi) is 8.05. The number of benzene rings is 4. The second-order valence-electron chi connectivity index (χ2n) is 7.96. The predicted octanol–water partition coefficient (Wildman–Crippen LogP) is 7.71. The normalized spacial score (nSPS) is 10.6. The molecule has 0 atom stereocenters. The molecule has 4 aromatic carbocycles. The highest BCUT2D eigenvalue weighted by atomic mass is 32.2. The number of anilines is 1. The number of hydrogen-bond donors (Lipinski definition) is 0. The molecule has 0 saturated carbocycles. The fourth-order valence-electron chi connectivity index (χ4n) is 3.91. The quantitative estimate of drug-likeness (QED) is 0.236. The predicted molar refractivity (Wildman–Crippen MR) is 143 cm³/mol. The average molecular weight is 468 g/mol. The summed E-state index contributed by atoms with van der Waals surface area (Å²) >= 11 is 1.73. The number of carbonyl (C=O) groups is 1. The van der Waals surface area contributed by atoms with Crippen molar-refractivity contribution in [3.8, 4) is 16.9 Å². The summed E-state index contributed by atoms with van der Waals surface area (Å²) in [6, 6.07) is 34.2. The van der Waals surface area contributed by atoms with Crippen molar-refractivity contribution in [2.75, 3.05) is 17.8 Å². The SMILES string of the molecule is CCCSc1ccccc1C(=O)N(Cc1ccccc1-c1ccccc1)c1cccc(OC)c1. The van der Waals surface area contributed by atoms with Gasteiger partial charge in [0.05, 0.1) is 19.2 Å². The second kappa shape index (κ2) is 11.6. The van der Waals surface area contributed by atoms with E-state index in [0.29, 0.717) is 6.54 Å². The minimum Gasteiger partial charge on any atom is -0.497 e. The van der Waals surface area contributed by atoms with Crippen LogP contribution in [0.5, 0.6) is 5.75 Å². The fraction of sp³-hybridized carbons (Fsp3) is 0.167. The average Bonchev–Trinajstić information content (AvgIpc) is 2.91. The van der Waals surface area contributed by atoms with Gasteiger partial charge in [0.25, 0.3) is 5.91 Å². The third-order valence-corrected chi connectivity index (χ3v) is 6.90. The fourth-order valence-corrected chi connectivity index (χ4v) is 4.82. The molecule has 1 amide bonds. The molecule has 4 aromatic rings. The molecule has 0 aliphatic rings. The van der Waals surface area contributed by atoms with Gasteiger partial charge in [-0.15, -0.1) is 11.8 Å². The Morgan fingerprint density at radius 1 is 0.853 bits per heavy atom. The lowest BCUT2D eigenvalue weighted by molar-refractivity contribution is 0.0982. The number of rotatable bonds is 9. The molecule has 0 spiro atoms. The molecule has 0 bridgehead atoms. The van der Waals surface area contributed by atoms with Gasteiger partial charge in [-0.25, -0.2) is 0 Å². The Morgan fingerprint density at radius 3 is 2.38 bits per heavy atom. The zero-order valence-corrected chi connectivity index (χ0v) is 20.4. The molecule has 0 aromatic heterocycles. The molecule has 3 nitrogen and oxygen atoms in total. The van der Waals surface area contributed by atoms with Crippen LogP contribution in [0.25, 0.3) is 11.1 Å². The van der Waals surface area contributed by atoms with Gasteiger partial charge in [-0.05, 0) is 53.1 Å². The summed E-state index contributed by atoms with van der Waals surface area (Å²) in [5, 5.41) is 0. The number of amides is 1. The monoisotopic (exact) mass is 467 g/mol. The van der Waals surface area contributed by atoms with Crippen molar-refractivity contribution in [3.05, 3.63) is 114 Å². The van der Waals surface area contributed by atoms with Gasteiger partial charge in [0, 0.05) is 16.6 Å². The first kappa shape index (κ1) is 23.7. The molecule has 0 unspecified atom stereocenters. The minimum absolute atomic E-state index is 0.0182. The maximum absolute atomic E-state index is 14.1. The van der Waals surface area contributed by atoms with Crippen LogP contribution in [0.1, 0.15) is 29.3 Å². The van der Waals surface area contributed by atoms with Crippen molar-refractivity contribution in [2.45, 2.75) is 24.8 Å². The topological polar surface area (TPSA) is 29.5 Å². The molecular weight excluding hydrogens is 438 g/mol. The first-order valence-corrected chi connectivity index (χ1v) is 12.5. The number of hydrogen-bond acceptors (Lipinski definition) is 3. The highest BCUT2D eigenvalue weighted by Gasteiger charge is 2.22. The zero-order valence-electron chi connectivity index (χ0n) is 19.6. The Labute approximate surface area is 206 Å². The molecule has 0 heterocycles. The van der Waals surface area contributed by atoms with Crippen molar-refractivity contribution in [1.82, 2.24) is 0 Å². The lowest BCUT2D eigenvalue weighted by Gasteiger charge is -2.26. The van der Waals surface area contributed by atoms with Gasteiger partial charge in [0.2, 0.25) is 0 Å². The number of ether oxygens (including phenoxy) is 1. The minimum atomic E-state index is -0.0182. The standard InChI is InChI=1S/C30H29NO2S/c1-3-20-34-29-19-10-9-18-28(29)30(32)31(25-15-11-16-26(21-25)33-2)22-24-14-7-8-17-27(24)23-12-5-4-6-13-23/h4-19,21H,3,20,22H2,1-2H3. The summed E-state index contributed by atoms with van der Waals surface area (Å²) < 4.78 is 5.47. The summed E-state index contributed by atoms with van der Waals surface area (Å²) in [6.45, 7) is 2.60. The summed E-state index contributed by atoms with van der Waals surface area (Å²) in [5.74, 6) is 1.68. The van der Waals surface area contributed by atoms with Crippen LogP contribution in [0.15, 0.2) is 108 Å². The van der Waals surface area contributed by atoms with Gasteiger partial charge in [-0.3, -0.25) is 4.79 Å². The molecular formula is C30H29NO2S. The van der Waals surface area contributed by atoms with Crippen LogP contribution < -0.4 is 9.64 Å². The smallest absolute Gasteiger partial charge is 0.259 e. The highest BCUT2D eigenvalue weighted by molar-refractivity contribution is 7.99. The Hall–Kier alpha value is -3.50. The van der Waals surface area contributed by atoms with E-state index in [2.05, 4.69) is 31.2 Å². The van der Waals surface area contributed by atoms with E-state index in [1.54, 1.807) is 18.9 Å². The molecule has 0 N–H and O–H groups in total. The largest absolute Gasteiger partial charge is 0.497 e. The van der Waals surface area contributed by atoms with Crippen LogP contribution in [0.4, 0.5) is 5.69 Å². The van der Waals surface area contributed by atoms with Crippen LogP contribution in [0.2, 0.25) is 0 Å². The van der Waals surface area contributed by atoms with Crippen LogP contribution >= 0.6 is 11.8 Å². The van der Waals surface area contributed by atoms with Gasteiger partial charge in [0.1, 0.15) is 5.75 Å². The third-order valence-electron chi connectivity index (χ3n) is 5.62. The van der Waals surface area contributed by atoms with Crippen LogP contribution in [0.3, 0.4) is 0 Å². The molecule has 4 heteroatoms. The van der Waals surface area contributed by atoms with Crippen LogP contribution in [-0.4, -0.2) is 18.8 Å². The van der Waals surface area contributed by atoms with E-state index >= 15 is 0 Å². The van der Waals surface area contributed by atoms with Crippen LogP contribution in [-0.2, 0) is 6.54 Å². The molecule has 4 rings (SSSR count). The highest BCUT2D eigenvalue weighted by Crippen LogP contribution is 2.31. The lowest BCUT2D eigenvalue weighted by Crippen LogP contribution is -2.31. The number of methoxy groups -OCH3 is 1. The lowest BCUT2D eigenvalue weighted by atomic mass is 9.99. The molecule has 0 fully saturated rings. The van der Waals surface area contributed by atoms with E-state index in [4.69, 9.17) is 4.74 Å². The number of nitrogens with zero attached hydrogens (tertiary/aromatic N) is 1. The number of thioether (sulfide) groups is 1. The summed E-state index contributed by atoms with van der Waals surface area (Å²) in [5.41, 5.74) is 4.87. The summed E-state index contributed by atoms with van der Waals surface area (Å²) in [6.07, 6.45) is 1.05. The van der Waals surface area contributed by atoms with Crippen molar-refractivity contribution >= 4 is 23.4 Å². The Morgan fingerprint density at radius 2 is 1.59 bits per heavy atom. The zero-order chi connectivity index (χ0) is 23.8. The van der Waals surface area contributed by atoms with Gasteiger partial charge >= 0.3 is 0 Å². The molecule has 172 valence electrons. The maximum atomic E-state index is 14.1. The van der Waals surface area contributed by atoms with Crippen molar-refractivity contribution in [3.63, 3.8) is 0 Å². The van der Waals surface area contributed by atoms with E-state index in [1.807, 2.05) is 83.8 Å².